The fourth-order valence-electron chi connectivity index (χ4n) is 3.98. The molecule has 0 atom stereocenters. The Morgan fingerprint density at radius 1 is 1.09 bits per heavy atom. The van der Waals surface area contributed by atoms with Gasteiger partial charge in [-0.3, -0.25) is 5.21 Å². The number of benzene rings is 1. The van der Waals surface area contributed by atoms with Crippen LogP contribution in [0.25, 0.3) is 0 Å². The van der Waals surface area contributed by atoms with Crippen LogP contribution < -0.4 is 9.64 Å². The van der Waals surface area contributed by atoms with Crippen molar-refractivity contribution in [1.29, 1.82) is 0 Å². The zero-order valence-corrected chi connectivity index (χ0v) is 19.7. The Morgan fingerprint density at radius 3 is 2.28 bits per heavy atom. The molecule has 2 heterocycles. The molecule has 180 valence electrons. The quantitative estimate of drug-likeness (QED) is 0.364. The lowest BCUT2D eigenvalue weighted by Gasteiger charge is -2.48. The van der Waals surface area contributed by atoms with Crippen LogP contribution in [0.15, 0.2) is 24.3 Å². The Hall–Kier alpha value is -1.91. The molecule has 1 N–H and O–H groups in total. The maximum absolute atomic E-state index is 13.1. The largest absolute Gasteiger partial charge is 0.491 e. The molecule has 32 heavy (non-hydrogen) atoms. The van der Waals surface area contributed by atoms with E-state index < -0.39 is 17.1 Å². The number of anilines is 1. The molecule has 2 saturated heterocycles. The van der Waals surface area contributed by atoms with Gasteiger partial charge in [0.15, 0.2) is 5.54 Å². The number of hydrogen-bond donors (Lipinski definition) is 1. The lowest BCUT2D eigenvalue weighted by molar-refractivity contribution is -0.316. The highest BCUT2D eigenvalue weighted by Crippen LogP contribution is 2.32. The molecular weight excluding hydrogens is 414 g/mol. The van der Waals surface area contributed by atoms with E-state index in [0.29, 0.717) is 52.4 Å². The van der Waals surface area contributed by atoms with Gasteiger partial charge < -0.3 is 23.8 Å². The van der Waals surface area contributed by atoms with Gasteiger partial charge in [0.25, 0.3) is 0 Å². The van der Waals surface area contributed by atoms with Gasteiger partial charge in [-0.25, -0.2) is 9.80 Å². The second kappa shape index (κ2) is 10.8. The summed E-state index contributed by atoms with van der Waals surface area (Å²) in [5, 5.41) is 14.1. The fraction of sp³-hybridized carbons (Fsp3) is 0.696. The van der Waals surface area contributed by atoms with Crippen LogP contribution in [0, 0.1) is 0 Å². The minimum Gasteiger partial charge on any atom is -0.491 e. The molecule has 0 saturated carbocycles. The molecular formula is C23H37N3O6. The second-order valence-corrected chi connectivity index (χ2v) is 9.21. The van der Waals surface area contributed by atoms with E-state index in [9.17, 15) is 10.0 Å². The molecule has 0 bridgehead atoms. The molecule has 0 spiro atoms. The topological polar surface area (TPSA) is 83.9 Å². The van der Waals surface area contributed by atoms with Crippen LogP contribution >= 0.6 is 0 Å². The molecule has 1 aromatic carbocycles. The van der Waals surface area contributed by atoms with Gasteiger partial charge in [-0.1, -0.05) is 0 Å². The van der Waals surface area contributed by atoms with E-state index in [-0.39, 0.29) is 0 Å². The molecule has 0 aliphatic carbocycles. The number of methoxy groups -OCH3 is 1. The van der Waals surface area contributed by atoms with Crippen molar-refractivity contribution in [1.82, 2.24) is 10.2 Å². The van der Waals surface area contributed by atoms with Gasteiger partial charge in [0, 0.05) is 65.0 Å². The summed E-state index contributed by atoms with van der Waals surface area (Å²) in [6.07, 6.45) is 0.784. The van der Waals surface area contributed by atoms with Gasteiger partial charge in [-0.05, 0) is 45.0 Å². The first-order valence-electron chi connectivity index (χ1n) is 11.3. The third kappa shape index (κ3) is 6.11. The third-order valence-corrected chi connectivity index (χ3v) is 5.76. The number of carbonyl (C=O) groups is 1. The van der Waals surface area contributed by atoms with Crippen LogP contribution in [0.5, 0.6) is 5.75 Å². The number of piperazine rings is 1. The Balaban J connectivity index is 1.60. The highest BCUT2D eigenvalue weighted by Gasteiger charge is 2.50. The average molecular weight is 452 g/mol. The van der Waals surface area contributed by atoms with Crippen LogP contribution in [0.3, 0.4) is 0 Å². The normalized spacial score (nSPS) is 19.8. The Bertz CT molecular complexity index is 722. The van der Waals surface area contributed by atoms with Crippen molar-refractivity contribution in [3.05, 3.63) is 24.3 Å². The number of esters is 1. The molecule has 0 radical (unpaired) electrons. The predicted octanol–water partition coefficient (Wildman–Crippen LogP) is 2.33. The number of nitrogens with zero attached hydrogens (tertiary/aromatic N) is 3. The third-order valence-electron chi connectivity index (χ3n) is 5.76. The molecule has 9 heteroatoms. The summed E-state index contributed by atoms with van der Waals surface area (Å²) in [4.78, 5) is 15.4. The number of hydroxylamine groups is 1. The number of hydrogen-bond acceptors (Lipinski definition) is 9. The van der Waals surface area contributed by atoms with E-state index in [0.717, 1.165) is 29.7 Å². The average Bonchev–Trinajstić information content (AvgIpc) is 2.79. The number of rotatable bonds is 8. The highest BCUT2D eigenvalue weighted by molar-refractivity contribution is 5.81. The van der Waals surface area contributed by atoms with E-state index in [1.54, 1.807) is 7.11 Å². The molecule has 3 rings (SSSR count). The number of hydrazine groups is 1. The number of ether oxygens (including phenoxy) is 4. The SMILES string of the molecule is COCCOc1ccc(N2CCN(N(O)C3(C(=O)OC(C)(C)C)CCOCC3)CC2)cc1. The molecule has 2 aliphatic heterocycles. The van der Waals surface area contributed by atoms with Gasteiger partial charge in [0.05, 0.1) is 6.61 Å². The highest BCUT2D eigenvalue weighted by atomic mass is 16.6. The maximum Gasteiger partial charge on any atom is 0.331 e. The lowest BCUT2D eigenvalue weighted by Crippen LogP contribution is -2.66. The monoisotopic (exact) mass is 451 g/mol. The van der Waals surface area contributed by atoms with Crippen molar-refractivity contribution in [2.75, 3.05) is 64.6 Å². The predicted molar refractivity (Wildman–Crippen MR) is 120 cm³/mol. The number of carbonyl (C=O) groups excluding carboxylic acids is 1. The van der Waals surface area contributed by atoms with Gasteiger partial charge >= 0.3 is 5.97 Å². The van der Waals surface area contributed by atoms with Crippen molar-refractivity contribution in [3.63, 3.8) is 0 Å². The first-order chi connectivity index (χ1) is 15.2. The Morgan fingerprint density at radius 2 is 1.72 bits per heavy atom. The van der Waals surface area contributed by atoms with Crippen molar-refractivity contribution in [2.45, 2.75) is 44.8 Å². The summed E-state index contributed by atoms with van der Waals surface area (Å²) in [6.45, 7) is 10.0. The summed E-state index contributed by atoms with van der Waals surface area (Å²) in [6, 6.07) is 7.98. The molecule has 0 amide bonds. The summed E-state index contributed by atoms with van der Waals surface area (Å²) in [5.74, 6) is 0.409. The first kappa shape index (κ1) is 24.7. The minimum atomic E-state index is -1.12. The molecule has 9 nitrogen and oxygen atoms in total. The van der Waals surface area contributed by atoms with E-state index >= 15 is 0 Å². The smallest absolute Gasteiger partial charge is 0.331 e. The van der Waals surface area contributed by atoms with Gasteiger partial charge in [-0.15, -0.1) is 5.17 Å². The maximum atomic E-state index is 13.1. The lowest BCUT2D eigenvalue weighted by atomic mass is 9.90. The van der Waals surface area contributed by atoms with Crippen molar-refractivity contribution >= 4 is 11.7 Å². The van der Waals surface area contributed by atoms with Crippen LogP contribution in [0.4, 0.5) is 5.69 Å². The molecule has 2 aliphatic rings. The first-order valence-corrected chi connectivity index (χ1v) is 11.3. The summed E-state index contributed by atoms with van der Waals surface area (Å²) >= 11 is 0. The van der Waals surface area contributed by atoms with Crippen LogP contribution in [-0.4, -0.2) is 92.2 Å². The zero-order valence-electron chi connectivity index (χ0n) is 19.7. The van der Waals surface area contributed by atoms with Gasteiger partial charge in [-0.2, -0.15) is 0 Å². The van der Waals surface area contributed by atoms with E-state index in [2.05, 4.69) is 4.90 Å². The summed E-state index contributed by atoms with van der Waals surface area (Å²) in [5.41, 5.74) is -0.642. The van der Waals surface area contributed by atoms with Crippen molar-refractivity contribution in [3.8, 4) is 5.75 Å². The second-order valence-electron chi connectivity index (χ2n) is 9.21. The zero-order chi connectivity index (χ0) is 23.2. The molecule has 2 fully saturated rings. The molecule has 0 unspecified atom stereocenters. The van der Waals surface area contributed by atoms with Crippen LogP contribution in [-0.2, 0) is 19.0 Å². The summed E-state index contributed by atoms with van der Waals surface area (Å²) < 4.78 is 21.8. The van der Waals surface area contributed by atoms with Crippen LogP contribution in [0.2, 0.25) is 0 Å². The van der Waals surface area contributed by atoms with Crippen molar-refractivity contribution < 1.29 is 28.9 Å². The summed E-state index contributed by atoms with van der Waals surface area (Å²) in [7, 11) is 1.65. The van der Waals surface area contributed by atoms with E-state index in [1.807, 2.05) is 50.0 Å². The van der Waals surface area contributed by atoms with E-state index in [4.69, 9.17) is 18.9 Å². The minimum absolute atomic E-state index is 0.392. The Labute approximate surface area is 190 Å². The standard InChI is InChI=1S/C23H37N3O6/c1-22(2,3)32-21(27)23(9-15-30-16-10-23)26(28)25-13-11-24(12-14-25)19-5-7-20(8-6-19)31-18-17-29-4/h5-8,28H,9-18H2,1-4H3. The van der Waals surface area contributed by atoms with Crippen LogP contribution in [0.1, 0.15) is 33.6 Å². The molecule has 0 aromatic heterocycles. The van der Waals surface area contributed by atoms with Crippen molar-refractivity contribution in [2.24, 2.45) is 0 Å². The van der Waals surface area contributed by atoms with Gasteiger partial charge in [0.1, 0.15) is 18.0 Å². The van der Waals surface area contributed by atoms with Gasteiger partial charge in [0.2, 0.25) is 0 Å². The fourth-order valence-corrected chi connectivity index (χ4v) is 3.98. The van der Waals surface area contributed by atoms with E-state index in [1.165, 1.54) is 0 Å². The Kier molecular flexibility index (Phi) is 8.35. The molecule has 1 aromatic rings.